The van der Waals surface area contributed by atoms with Crippen molar-refractivity contribution in [1.82, 2.24) is 4.90 Å². The predicted molar refractivity (Wildman–Crippen MR) is 61.2 cm³/mol. The minimum atomic E-state index is 0.257. The van der Waals surface area contributed by atoms with Crippen molar-refractivity contribution in [1.29, 1.82) is 0 Å². The zero-order chi connectivity index (χ0) is 11.0. The van der Waals surface area contributed by atoms with Gasteiger partial charge in [-0.3, -0.25) is 4.79 Å². The molecule has 1 amide bonds. The number of carbonyl (C=O) groups is 1. The molecule has 1 unspecified atom stereocenters. The van der Waals surface area contributed by atoms with E-state index >= 15 is 0 Å². The molecule has 0 N–H and O–H groups in total. The van der Waals surface area contributed by atoms with Crippen LogP contribution in [0.15, 0.2) is 0 Å². The lowest BCUT2D eigenvalue weighted by atomic mass is 9.99. The molecule has 14 heavy (non-hydrogen) atoms. The second-order valence-corrected chi connectivity index (χ2v) is 4.45. The van der Waals surface area contributed by atoms with Crippen LogP contribution in [0.4, 0.5) is 0 Å². The molecule has 84 valence electrons. The van der Waals surface area contributed by atoms with E-state index in [1.165, 1.54) is 32.1 Å². The molecule has 0 heterocycles. The molecule has 0 aliphatic carbocycles. The van der Waals surface area contributed by atoms with Crippen molar-refractivity contribution in [3.05, 3.63) is 0 Å². The lowest BCUT2D eigenvalue weighted by Gasteiger charge is -2.14. The smallest absolute Gasteiger partial charge is 0.222 e. The van der Waals surface area contributed by atoms with Gasteiger partial charge < -0.3 is 4.90 Å². The molecular weight excluding hydrogens is 174 g/mol. The average molecular weight is 199 g/mol. The van der Waals surface area contributed by atoms with Gasteiger partial charge in [0.25, 0.3) is 0 Å². The molecule has 2 nitrogen and oxygen atoms in total. The summed E-state index contributed by atoms with van der Waals surface area (Å²) in [6.07, 6.45) is 7.10. The highest BCUT2D eigenvalue weighted by molar-refractivity contribution is 5.75. The van der Waals surface area contributed by atoms with Gasteiger partial charge in [0.05, 0.1) is 0 Å². The minimum Gasteiger partial charge on any atom is -0.349 e. The summed E-state index contributed by atoms with van der Waals surface area (Å²) in [5, 5.41) is 0. The first kappa shape index (κ1) is 13.5. The van der Waals surface area contributed by atoms with Crippen LogP contribution in [0.3, 0.4) is 0 Å². The fraction of sp³-hybridized carbons (Fsp3) is 0.917. The van der Waals surface area contributed by atoms with Crippen molar-refractivity contribution in [3.8, 4) is 0 Å². The fourth-order valence-electron chi connectivity index (χ4n) is 1.50. The van der Waals surface area contributed by atoms with Gasteiger partial charge in [0, 0.05) is 20.5 Å². The zero-order valence-electron chi connectivity index (χ0n) is 10.2. The Bertz CT molecular complexity index is 154. The van der Waals surface area contributed by atoms with Gasteiger partial charge >= 0.3 is 0 Å². The van der Waals surface area contributed by atoms with E-state index in [2.05, 4.69) is 13.8 Å². The second-order valence-electron chi connectivity index (χ2n) is 4.45. The topological polar surface area (TPSA) is 20.3 Å². The molecule has 0 fully saturated rings. The maximum Gasteiger partial charge on any atom is 0.222 e. The summed E-state index contributed by atoms with van der Waals surface area (Å²) >= 11 is 0. The average Bonchev–Trinajstić information content (AvgIpc) is 2.12. The van der Waals surface area contributed by atoms with Crippen LogP contribution in [0.1, 0.15) is 52.4 Å². The summed E-state index contributed by atoms with van der Waals surface area (Å²) in [6.45, 7) is 4.40. The Labute approximate surface area is 88.7 Å². The minimum absolute atomic E-state index is 0.257. The molecule has 0 rings (SSSR count). The highest BCUT2D eigenvalue weighted by Crippen LogP contribution is 2.14. The third-order valence-electron chi connectivity index (χ3n) is 2.57. The van der Waals surface area contributed by atoms with Gasteiger partial charge in [0.1, 0.15) is 0 Å². The first-order valence-corrected chi connectivity index (χ1v) is 5.78. The third-order valence-corrected chi connectivity index (χ3v) is 2.57. The van der Waals surface area contributed by atoms with Crippen LogP contribution in [0.5, 0.6) is 0 Å². The van der Waals surface area contributed by atoms with Gasteiger partial charge in [-0.2, -0.15) is 0 Å². The number of hydrogen-bond donors (Lipinski definition) is 0. The van der Waals surface area contributed by atoms with Crippen molar-refractivity contribution in [3.63, 3.8) is 0 Å². The van der Waals surface area contributed by atoms with Crippen molar-refractivity contribution in [2.75, 3.05) is 14.1 Å². The number of carbonyl (C=O) groups excluding carboxylic acids is 1. The van der Waals surface area contributed by atoms with Gasteiger partial charge in [-0.25, -0.2) is 0 Å². The number of nitrogens with zero attached hydrogens (tertiary/aromatic N) is 1. The van der Waals surface area contributed by atoms with E-state index in [0.717, 1.165) is 0 Å². The van der Waals surface area contributed by atoms with E-state index in [0.29, 0.717) is 12.3 Å². The molecule has 2 heteroatoms. The standard InChI is InChI=1S/C12H25NO/c1-5-6-7-8-9-11(2)10-12(14)13(3)4/h11H,5-10H2,1-4H3. The van der Waals surface area contributed by atoms with E-state index < -0.39 is 0 Å². The predicted octanol–water partition coefficient (Wildman–Crippen LogP) is 3.07. The fourth-order valence-corrected chi connectivity index (χ4v) is 1.50. The Morgan fingerprint density at radius 2 is 1.86 bits per heavy atom. The summed E-state index contributed by atoms with van der Waals surface area (Å²) < 4.78 is 0. The molecule has 0 aromatic carbocycles. The van der Waals surface area contributed by atoms with E-state index in [9.17, 15) is 4.79 Å². The zero-order valence-corrected chi connectivity index (χ0v) is 10.2. The SMILES string of the molecule is CCCCCCC(C)CC(=O)N(C)C. The Morgan fingerprint density at radius 1 is 1.21 bits per heavy atom. The first-order valence-electron chi connectivity index (χ1n) is 5.78. The monoisotopic (exact) mass is 199 g/mol. The van der Waals surface area contributed by atoms with Crippen LogP contribution in [0, 0.1) is 5.92 Å². The summed E-state index contributed by atoms with van der Waals surface area (Å²) in [5.41, 5.74) is 0. The Hall–Kier alpha value is -0.530. The number of rotatable bonds is 7. The van der Waals surface area contributed by atoms with E-state index in [1.807, 2.05) is 14.1 Å². The van der Waals surface area contributed by atoms with Crippen LogP contribution in [-0.4, -0.2) is 24.9 Å². The van der Waals surface area contributed by atoms with Crippen molar-refractivity contribution >= 4 is 5.91 Å². The number of amides is 1. The van der Waals surface area contributed by atoms with Crippen LogP contribution < -0.4 is 0 Å². The van der Waals surface area contributed by atoms with Gasteiger partial charge in [-0.05, 0) is 5.92 Å². The maximum absolute atomic E-state index is 11.4. The molecule has 0 radical (unpaired) electrons. The molecule has 0 aromatic heterocycles. The lowest BCUT2D eigenvalue weighted by Crippen LogP contribution is -2.23. The molecule has 0 aliphatic heterocycles. The molecule has 0 aromatic rings. The molecule has 0 aliphatic rings. The maximum atomic E-state index is 11.4. The third kappa shape index (κ3) is 6.93. The van der Waals surface area contributed by atoms with E-state index in [4.69, 9.17) is 0 Å². The summed E-state index contributed by atoms with van der Waals surface area (Å²) in [5.74, 6) is 0.801. The summed E-state index contributed by atoms with van der Waals surface area (Å²) in [6, 6.07) is 0. The van der Waals surface area contributed by atoms with Crippen LogP contribution >= 0.6 is 0 Å². The Kier molecular flexibility index (Phi) is 7.54. The normalized spacial score (nSPS) is 12.6. The highest BCUT2D eigenvalue weighted by atomic mass is 16.2. The molecule has 0 spiro atoms. The van der Waals surface area contributed by atoms with Gasteiger partial charge in [-0.1, -0.05) is 46.0 Å². The largest absolute Gasteiger partial charge is 0.349 e. The number of unbranched alkanes of at least 4 members (excludes halogenated alkanes) is 3. The second kappa shape index (κ2) is 7.84. The molecule has 1 atom stereocenters. The molecule has 0 saturated heterocycles. The van der Waals surface area contributed by atoms with Gasteiger partial charge in [0.2, 0.25) is 5.91 Å². The molecule has 0 saturated carbocycles. The quantitative estimate of drug-likeness (QED) is 0.577. The number of hydrogen-bond acceptors (Lipinski definition) is 1. The van der Waals surface area contributed by atoms with Gasteiger partial charge in [0.15, 0.2) is 0 Å². The molecule has 0 bridgehead atoms. The van der Waals surface area contributed by atoms with Crippen molar-refractivity contribution in [2.24, 2.45) is 5.92 Å². The molecular formula is C12H25NO. The van der Waals surface area contributed by atoms with E-state index in [-0.39, 0.29) is 5.91 Å². The Balaban J connectivity index is 3.45. The summed E-state index contributed by atoms with van der Waals surface area (Å²) in [7, 11) is 3.65. The van der Waals surface area contributed by atoms with Crippen molar-refractivity contribution in [2.45, 2.75) is 52.4 Å². The summed E-state index contributed by atoms with van der Waals surface area (Å²) in [4.78, 5) is 13.1. The Morgan fingerprint density at radius 3 is 2.36 bits per heavy atom. The van der Waals surface area contributed by atoms with Crippen molar-refractivity contribution < 1.29 is 4.79 Å². The highest BCUT2D eigenvalue weighted by Gasteiger charge is 2.09. The first-order chi connectivity index (χ1) is 6.57. The van der Waals surface area contributed by atoms with Crippen LogP contribution in [0.25, 0.3) is 0 Å². The van der Waals surface area contributed by atoms with E-state index in [1.54, 1.807) is 4.90 Å². The van der Waals surface area contributed by atoms with Gasteiger partial charge in [-0.15, -0.1) is 0 Å². The lowest BCUT2D eigenvalue weighted by molar-refractivity contribution is -0.129. The van der Waals surface area contributed by atoms with Crippen LogP contribution in [-0.2, 0) is 4.79 Å². The van der Waals surface area contributed by atoms with Crippen LogP contribution in [0.2, 0.25) is 0 Å².